The second kappa shape index (κ2) is 11.5. The van der Waals surface area contributed by atoms with Gasteiger partial charge in [0.25, 0.3) is 5.56 Å². The molecular weight excluding hydrogens is 573 g/mol. The summed E-state index contributed by atoms with van der Waals surface area (Å²) in [6.07, 6.45) is 1.48. The number of carbonyl (C=O) groups excluding carboxylic acids is 2. The lowest BCUT2D eigenvalue weighted by molar-refractivity contribution is -0.137. The monoisotopic (exact) mass is 605 g/mol. The molecule has 5 rings (SSSR count). The van der Waals surface area contributed by atoms with Crippen molar-refractivity contribution in [3.63, 3.8) is 0 Å². The molecule has 3 N–H and O–H groups in total. The fraction of sp³-hybridized carbons (Fsp3) is 0.519. The van der Waals surface area contributed by atoms with Crippen LogP contribution in [0, 0.1) is 0 Å². The number of ether oxygens (including phenoxy) is 1. The predicted molar refractivity (Wildman–Crippen MR) is 154 cm³/mol. The van der Waals surface area contributed by atoms with Crippen LogP contribution < -0.4 is 10.9 Å². The van der Waals surface area contributed by atoms with Crippen LogP contribution in [-0.4, -0.2) is 84.0 Å². The highest BCUT2D eigenvalue weighted by atomic mass is 35.5. The van der Waals surface area contributed by atoms with Crippen LogP contribution in [0.15, 0.2) is 29.2 Å². The van der Waals surface area contributed by atoms with Crippen molar-refractivity contribution in [1.82, 2.24) is 29.5 Å². The van der Waals surface area contributed by atoms with Gasteiger partial charge >= 0.3 is 6.09 Å². The summed E-state index contributed by atoms with van der Waals surface area (Å²) < 4.78 is 7.13. The third-order valence-electron chi connectivity index (χ3n) is 7.21. The zero-order chi connectivity index (χ0) is 29.5. The lowest BCUT2D eigenvalue weighted by atomic mass is 10.0. The summed E-state index contributed by atoms with van der Waals surface area (Å²) >= 11 is 12.1. The van der Waals surface area contributed by atoms with Crippen molar-refractivity contribution in [2.24, 2.45) is 0 Å². The normalized spacial score (nSPS) is 20.0. The number of carbonyl (C=O) groups is 2. The topological polar surface area (TPSA) is 146 Å². The maximum atomic E-state index is 13.4. The maximum absolute atomic E-state index is 13.4. The maximum Gasteiger partial charge on any atom is 0.411 e. The molecule has 4 heterocycles. The van der Waals surface area contributed by atoms with Crippen LogP contribution in [-0.2, 0) is 16.1 Å². The Morgan fingerprint density at radius 1 is 1.20 bits per heavy atom. The summed E-state index contributed by atoms with van der Waals surface area (Å²) in [6, 6.07) is 4.40. The molecule has 3 aromatic rings. The summed E-state index contributed by atoms with van der Waals surface area (Å²) in [5, 5.41) is 18.7. The summed E-state index contributed by atoms with van der Waals surface area (Å²) in [6.45, 7) is 6.56. The molecule has 0 radical (unpaired) electrons. The predicted octanol–water partition coefficient (Wildman–Crippen LogP) is 3.57. The molecule has 2 aliphatic rings. The Bertz CT molecular complexity index is 1510. The van der Waals surface area contributed by atoms with E-state index in [1.165, 1.54) is 4.90 Å². The molecule has 2 aromatic heterocycles. The van der Waals surface area contributed by atoms with Crippen LogP contribution >= 0.6 is 23.2 Å². The highest BCUT2D eigenvalue weighted by molar-refractivity contribution is 6.42. The largest absolute Gasteiger partial charge is 0.444 e. The minimum atomic E-state index is -0.785. The quantitative estimate of drug-likeness (QED) is 0.400. The van der Waals surface area contributed by atoms with Crippen LogP contribution in [0.3, 0.4) is 0 Å². The number of hydrogen-bond acceptors (Lipinski definition) is 8. The van der Waals surface area contributed by atoms with E-state index in [1.807, 2.05) is 6.07 Å². The van der Waals surface area contributed by atoms with Crippen molar-refractivity contribution in [3.05, 3.63) is 50.4 Å². The number of amides is 2. The Morgan fingerprint density at radius 2 is 1.93 bits per heavy atom. The zero-order valence-corrected chi connectivity index (χ0v) is 24.6. The van der Waals surface area contributed by atoms with E-state index in [0.717, 1.165) is 5.56 Å². The van der Waals surface area contributed by atoms with Crippen LogP contribution in [0.5, 0.6) is 0 Å². The van der Waals surface area contributed by atoms with Crippen molar-refractivity contribution in [2.45, 2.75) is 70.4 Å². The Kier molecular flexibility index (Phi) is 8.18. The molecule has 0 bridgehead atoms. The first-order valence-corrected chi connectivity index (χ1v) is 14.3. The van der Waals surface area contributed by atoms with Crippen molar-refractivity contribution in [1.29, 1.82) is 0 Å². The molecule has 0 spiro atoms. The van der Waals surface area contributed by atoms with E-state index in [1.54, 1.807) is 48.7 Å². The number of anilines is 1. The third kappa shape index (κ3) is 6.44. The lowest BCUT2D eigenvalue weighted by Gasteiger charge is -2.35. The molecule has 0 unspecified atom stereocenters. The molecule has 2 atom stereocenters. The highest BCUT2D eigenvalue weighted by Gasteiger charge is 2.43. The number of benzene rings is 1. The molecule has 0 saturated carbocycles. The number of nitrogens with zero attached hydrogens (tertiary/aromatic N) is 5. The van der Waals surface area contributed by atoms with E-state index < -0.39 is 23.8 Å². The minimum absolute atomic E-state index is 0.0567. The van der Waals surface area contributed by atoms with Gasteiger partial charge in [0.1, 0.15) is 17.2 Å². The van der Waals surface area contributed by atoms with Gasteiger partial charge in [-0.05, 0) is 51.3 Å². The summed E-state index contributed by atoms with van der Waals surface area (Å²) in [7, 11) is 0. The van der Waals surface area contributed by atoms with Crippen LogP contribution in [0.4, 0.5) is 10.7 Å². The molecule has 2 amide bonds. The Balaban J connectivity index is 1.23. The average Bonchev–Trinajstić information content (AvgIpc) is 3.52. The Hall–Kier alpha value is -3.35. The third-order valence-corrected chi connectivity index (χ3v) is 7.95. The molecule has 14 heteroatoms. The molecule has 2 aliphatic heterocycles. The molecular formula is C27H33Cl2N7O5. The van der Waals surface area contributed by atoms with Gasteiger partial charge in [0.2, 0.25) is 11.9 Å². The first kappa shape index (κ1) is 29.2. The minimum Gasteiger partial charge on any atom is -0.444 e. The number of rotatable bonds is 5. The highest BCUT2D eigenvalue weighted by Crippen LogP contribution is 2.28. The second-order valence-corrected chi connectivity index (χ2v) is 12.2. The number of aliphatic hydroxyl groups is 1. The summed E-state index contributed by atoms with van der Waals surface area (Å²) in [5.41, 5.74) is 0.662. The number of β-amino-alcohol motifs (C(OH)–C–C–N with tert-alkyl or cyclic N) is 1. The van der Waals surface area contributed by atoms with Gasteiger partial charge in [-0.2, -0.15) is 5.10 Å². The van der Waals surface area contributed by atoms with Gasteiger partial charge in [0.05, 0.1) is 34.9 Å². The van der Waals surface area contributed by atoms with Crippen molar-refractivity contribution in [2.75, 3.05) is 25.0 Å². The van der Waals surface area contributed by atoms with Gasteiger partial charge in [0, 0.05) is 26.1 Å². The number of hydrogen-bond donors (Lipinski definition) is 3. The van der Waals surface area contributed by atoms with Gasteiger partial charge in [0.15, 0.2) is 5.52 Å². The average molecular weight is 607 g/mol. The Morgan fingerprint density at radius 3 is 2.61 bits per heavy atom. The van der Waals surface area contributed by atoms with Crippen LogP contribution in [0.1, 0.15) is 51.6 Å². The van der Waals surface area contributed by atoms with Crippen molar-refractivity contribution >= 4 is 52.2 Å². The smallest absolute Gasteiger partial charge is 0.411 e. The van der Waals surface area contributed by atoms with E-state index >= 15 is 0 Å². The lowest BCUT2D eigenvalue weighted by Crippen LogP contribution is -2.51. The first-order chi connectivity index (χ1) is 19.4. The van der Waals surface area contributed by atoms with E-state index in [-0.39, 0.29) is 30.5 Å². The fourth-order valence-electron chi connectivity index (χ4n) is 5.28. The number of piperidine rings is 1. The van der Waals surface area contributed by atoms with E-state index in [0.29, 0.717) is 59.5 Å². The van der Waals surface area contributed by atoms with Gasteiger partial charge in [-0.15, -0.1) is 0 Å². The SMILES string of the molecule is CC(C)(C)OC(=O)N1C[C@@H](O)C[C@H]1C(=O)N1CCC(n2ncc3nc(NCc4ccc(Cl)c(Cl)c4)[nH]c(=O)c32)CC1. The summed E-state index contributed by atoms with van der Waals surface area (Å²) in [5.74, 6) is 0.0928. The number of fused-ring (bicyclic) bond motifs is 1. The standard InChI is InChI=1S/C27H33Cl2N7O5/c1-27(2,3)41-26(40)35-14-17(37)11-21(35)24(39)34-8-6-16(7-9-34)36-22-20(13-31-36)32-25(33-23(22)38)30-12-15-4-5-18(28)19(29)10-15/h4-5,10,13,16-17,21,37H,6-9,11-12,14H2,1-3H3,(H2,30,32,33,38)/t17-,21-/m0/s1. The van der Waals surface area contributed by atoms with Crippen molar-refractivity contribution < 1.29 is 19.4 Å². The first-order valence-electron chi connectivity index (χ1n) is 13.5. The van der Waals surface area contributed by atoms with Crippen LogP contribution in [0.25, 0.3) is 11.0 Å². The molecule has 220 valence electrons. The fourth-order valence-corrected chi connectivity index (χ4v) is 5.60. The van der Waals surface area contributed by atoms with Gasteiger partial charge in [-0.3, -0.25) is 24.2 Å². The van der Waals surface area contributed by atoms with Crippen molar-refractivity contribution in [3.8, 4) is 0 Å². The molecule has 0 aliphatic carbocycles. The number of aliphatic hydroxyl groups excluding tert-OH is 1. The van der Waals surface area contributed by atoms with E-state index in [2.05, 4.69) is 20.4 Å². The summed E-state index contributed by atoms with van der Waals surface area (Å²) in [4.78, 5) is 49.4. The van der Waals surface area contributed by atoms with Crippen LogP contribution in [0.2, 0.25) is 10.0 Å². The second-order valence-electron chi connectivity index (χ2n) is 11.4. The van der Waals surface area contributed by atoms with Gasteiger partial charge in [-0.25, -0.2) is 9.78 Å². The molecule has 41 heavy (non-hydrogen) atoms. The zero-order valence-electron chi connectivity index (χ0n) is 23.1. The van der Waals surface area contributed by atoms with E-state index in [9.17, 15) is 19.5 Å². The molecule has 12 nitrogen and oxygen atoms in total. The number of aromatic amines is 1. The number of likely N-dealkylation sites (tertiary alicyclic amines) is 2. The van der Waals surface area contributed by atoms with Gasteiger partial charge < -0.3 is 20.1 Å². The number of aromatic nitrogens is 4. The Labute approximate surface area is 246 Å². The van der Waals surface area contributed by atoms with E-state index in [4.69, 9.17) is 27.9 Å². The molecule has 2 saturated heterocycles. The number of halogens is 2. The molecule has 1 aromatic carbocycles. The number of nitrogens with one attached hydrogen (secondary N) is 2. The molecule has 2 fully saturated rings. The number of H-pyrrole nitrogens is 1. The van der Waals surface area contributed by atoms with Gasteiger partial charge in [-0.1, -0.05) is 29.3 Å².